The van der Waals surface area contributed by atoms with Gasteiger partial charge in [0.25, 0.3) is 0 Å². The van der Waals surface area contributed by atoms with E-state index in [1.165, 1.54) is 32.1 Å². The average Bonchev–Trinajstić information content (AvgIpc) is 2.30. The number of aliphatic hydroxyl groups is 2. The van der Waals surface area contributed by atoms with Gasteiger partial charge in [-0.3, -0.25) is 0 Å². The van der Waals surface area contributed by atoms with Crippen LogP contribution in [0.25, 0.3) is 0 Å². The molecule has 0 saturated heterocycles. The van der Waals surface area contributed by atoms with Crippen LogP contribution >= 0.6 is 0 Å². The lowest BCUT2D eigenvalue weighted by atomic mass is 9.89. The molecule has 104 valence electrons. The van der Waals surface area contributed by atoms with Gasteiger partial charge in [0, 0.05) is 0 Å². The Bertz CT molecular complexity index is 166. The molecule has 2 nitrogen and oxygen atoms in total. The maximum atomic E-state index is 10.2. The first-order valence-electron chi connectivity index (χ1n) is 7.45. The molecule has 0 heterocycles. The number of rotatable bonds is 11. The van der Waals surface area contributed by atoms with E-state index in [0.717, 1.165) is 32.1 Å². The van der Waals surface area contributed by atoms with E-state index in [9.17, 15) is 10.2 Å². The maximum absolute atomic E-state index is 10.2. The van der Waals surface area contributed by atoms with Gasteiger partial charge in [-0.15, -0.1) is 0 Å². The minimum absolute atomic E-state index is 0.555. The highest BCUT2D eigenvalue weighted by Gasteiger charge is 2.28. The fourth-order valence-corrected chi connectivity index (χ4v) is 2.15. The van der Waals surface area contributed by atoms with Crippen molar-refractivity contribution in [3.05, 3.63) is 0 Å². The number of aliphatic hydroxyl groups excluding tert-OH is 1. The molecule has 2 N–H and O–H groups in total. The minimum atomic E-state index is -0.889. The molecule has 0 radical (unpaired) electrons. The normalized spacial score (nSPS) is 16.8. The van der Waals surface area contributed by atoms with Gasteiger partial charge in [-0.05, 0) is 19.8 Å². The van der Waals surface area contributed by atoms with Crippen LogP contribution in [0.1, 0.15) is 85.0 Å². The maximum Gasteiger partial charge on any atom is 0.0877 e. The Balaban J connectivity index is 3.69. The van der Waals surface area contributed by atoms with Crippen LogP contribution in [0.15, 0.2) is 0 Å². The predicted octanol–water partition coefficient (Wildman–Crippen LogP) is 4.04. The third-order valence-electron chi connectivity index (χ3n) is 3.59. The van der Waals surface area contributed by atoms with Crippen molar-refractivity contribution in [3.8, 4) is 0 Å². The quantitative estimate of drug-likeness (QED) is 0.539. The van der Waals surface area contributed by atoms with Gasteiger partial charge in [-0.2, -0.15) is 0 Å². The van der Waals surface area contributed by atoms with Gasteiger partial charge in [0.15, 0.2) is 0 Å². The van der Waals surface area contributed by atoms with Crippen molar-refractivity contribution >= 4 is 0 Å². The first-order valence-corrected chi connectivity index (χ1v) is 7.45. The molecule has 0 aliphatic heterocycles. The zero-order valence-corrected chi connectivity index (χ0v) is 12.0. The van der Waals surface area contributed by atoms with Crippen LogP contribution in [-0.2, 0) is 0 Å². The molecule has 0 aliphatic carbocycles. The largest absolute Gasteiger partial charge is 0.390 e. The van der Waals surface area contributed by atoms with E-state index in [4.69, 9.17) is 0 Å². The second kappa shape index (κ2) is 9.90. The minimum Gasteiger partial charge on any atom is -0.390 e. The Kier molecular flexibility index (Phi) is 9.85. The Labute approximate surface area is 107 Å². The Hall–Kier alpha value is -0.0800. The second-order valence-corrected chi connectivity index (χ2v) is 5.53. The van der Waals surface area contributed by atoms with Crippen LogP contribution in [-0.4, -0.2) is 21.9 Å². The molecule has 0 aromatic heterocycles. The van der Waals surface area contributed by atoms with Crippen LogP contribution in [0, 0.1) is 0 Å². The zero-order chi connectivity index (χ0) is 13.1. The summed E-state index contributed by atoms with van der Waals surface area (Å²) in [6.45, 7) is 6.14. The molecule has 2 unspecified atom stereocenters. The van der Waals surface area contributed by atoms with Crippen molar-refractivity contribution in [2.24, 2.45) is 0 Å². The van der Waals surface area contributed by atoms with Gasteiger partial charge >= 0.3 is 0 Å². The Morgan fingerprint density at radius 3 is 1.94 bits per heavy atom. The Morgan fingerprint density at radius 1 is 0.882 bits per heavy atom. The van der Waals surface area contributed by atoms with Crippen molar-refractivity contribution in [3.63, 3.8) is 0 Å². The fraction of sp³-hybridized carbons (Fsp3) is 1.00. The molecule has 0 spiro atoms. The van der Waals surface area contributed by atoms with Gasteiger partial charge in [-0.1, -0.05) is 65.2 Å². The average molecular weight is 244 g/mol. The molecule has 2 atom stereocenters. The molecular weight excluding hydrogens is 212 g/mol. The molecule has 0 saturated carbocycles. The van der Waals surface area contributed by atoms with Crippen LogP contribution in [0.4, 0.5) is 0 Å². The summed E-state index contributed by atoms with van der Waals surface area (Å²) in [5.74, 6) is 0. The van der Waals surface area contributed by atoms with E-state index in [1.807, 2.05) is 0 Å². The number of unbranched alkanes of at least 4 members (excludes halogenated alkanes) is 6. The van der Waals surface area contributed by atoms with Gasteiger partial charge in [-0.25, -0.2) is 0 Å². The first-order chi connectivity index (χ1) is 8.04. The molecule has 0 amide bonds. The van der Waals surface area contributed by atoms with Gasteiger partial charge < -0.3 is 10.2 Å². The summed E-state index contributed by atoms with van der Waals surface area (Å²) in [6.07, 6.45) is 10.2. The number of hydrogen-bond donors (Lipinski definition) is 2. The highest BCUT2D eigenvalue weighted by atomic mass is 16.3. The van der Waals surface area contributed by atoms with Crippen molar-refractivity contribution in [2.75, 3.05) is 0 Å². The lowest BCUT2D eigenvalue weighted by Gasteiger charge is -2.29. The summed E-state index contributed by atoms with van der Waals surface area (Å²) in [4.78, 5) is 0. The highest BCUT2D eigenvalue weighted by molar-refractivity contribution is 4.81. The van der Waals surface area contributed by atoms with Gasteiger partial charge in [0.1, 0.15) is 0 Å². The van der Waals surface area contributed by atoms with Crippen molar-refractivity contribution in [1.29, 1.82) is 0 Å². The van der Waals surface area contributed by atoms with E-state index in [1.54, 1.807) is 6.92 Å². The second-order valence-electron chi connectivity index (χ2n) is 5.53. The Morgan fingerprint density at radius 2 is 1.41 bits per heavy atom. The monoisotopic (exact) mass is 244 g/mol. The molecule has 17 heavy (non-hydrogen) atoms. The van der Waals surface area contributed by atoms with E-state index in [2.05, 4.69) is 13.8 Å². The zero-order valence-electron chi connectivity index (χ0n) is 12.0. The van der Waals surface area contributed by atoms with Gasteiger partial charge in [0.05, 0.1) is 11.7 Å². The summed E-state index contributed by atoms with van der Waals surface area (Å²) in [6, 6.07) is 0. The summed E-state index contributed by atoms with van der Waals surface area (Å²) < 4.78 is 0. The third-order valence-corrected chi connectivity index (χ3v) is 3.59. The lowest BCUT2D eigenvalue weighted by molar-refractivity contribution is -0.0721. The van der Waals surface area contributed by atoms with Crippen molar-refractivity contribution < 1.29 is 10.2 Å². The number of hydrogen-bond acceptors (Lipinski definition) is 2. The van der Waals surface area contributed by atoms with Gasteiger partial charge in [0.2, 0.25) is 0 Å². The van der Waals surface area contributed by atoms with Crippen LogP contribution < -0.4 is 0 Å². The van der Waals surface area contributed by atoms with Crippen molar-refractivity contribution in [2.45, 2.75) is 96.7 Å². The SMILES string of the molecule is CCCCCCC(O)C(C)(O)CCCCCC. The van der Waals surface area contributed by atoms with Crippen molar-refractivity contribution in [1.82, 2.24) is 0 Å². The molecule has 2 heteroatoms. The molecule has 0 bridgehead atoms. The summed E-state index contributed by atoms with van der Waals surface area (Å²) in [5.41, 5.74) is -0.889. The van der Waals surface area contributed by atoms with Crippen LogP contribution in [0.3, 0.4) is 0 Å². The van der Waals surface area contributed by atoms with E-state index >= 15 is 0 Å². The molecular formula is C15H32O2. The van der Waals surface area contributed by atoms with Crippen LogP contribution in [0.5, 0.6) is 0 Å². The predicted molar refractivity (Wildman–Crippen MR) is 74.1 cm³/mol. The fourth-order valence-electron chi connectivity index (χ4n) is 2.15. The first kappa shape index (κ1) is 16.9. The smallest absolute Gasteiger partial charge is 0.0877 e. The van der Waals surface area contributed by atoms with Crippen LogP contribution in [0.2, 0.25) is 0 Å². The molecule has 0 rings (SSSR count). The lowest BCUT2D eigenvalue weighted by Crippen LogP contribution is -2.39. The summed E-state index contributed by atoms with van der Waals surface area (Å²) >= 11 is 0. The van der Waals surface area contributed by atoms with E-state index in [-0.39, 0.29) is 0 Å². The standard InChI is InChI=1S/C15H32O2/c1-4-6-8-10-12-14(16)15(3,17)13-11-9-7-5-2/h14,16-17H,4-13H2,1-3H3. The third kappa shape index (κ3) is 8.62. The topological polar surface area (TPSA) is 40.5 Å². The molecule has 0 fully saturated rings. The van der Waals surface area contributed by atoms with E-state index < -0.39 is 11.7 Å². The molecule has 0 aromatic carbocycles. The van der Waals surface area contributed by atoms with E-state index in [0.29, 0.717) is 0 Å². The highest BCUT2D eigenvalue weighted by Crippen LogP contribution is 2.23. The summed E-state index contributed by atoms with van der Waals surface area (Å²) in [7, 11) is 0. The summed E-state index contributed by atoms with van der Waals surface area (Å²) in [5, 5.41) is 20.2. The molecule has 0 aromatic rings. The molecule has 0 aliphatic rings.